The SMILES string of the molecule is CCC(C)C1NC(c2cccs2)N(CC2CCOC2)C1=O. The highest BCUT2D eigenvalue weighted by Crippen LogP contribution is 2.32. The monoisotopic (exact) mass is 308 g/mol. The van der Waals surface area contributed by atoms with Gasteiger partial charge in [0.1, 0.15) is 6.17 Å². The van der Waals surface area contributed by atoms with Gasteiger partial charge in [0.25, 0.3) is 0 Å². The Morgan fingerprint density at radius 1 is 1.57 bits per heavy atom. The molecule has 0 aliphatic carbocycles. The summed E-state index contributed by atoms with van der Waals surface area (Å²) in [5.41, 5.74) is 0. The van der Waals surface area contributed by atoms with Gasteiger partial charge in [-0.3, -0.25) is 10.1 Å². The van der Waals surface area contributed by atoms with Crippen LogP contribution in [0.1, 0.15) is 37.7 Å². The molecule has 116 valence electrons. The van der Waals surface area contributed by atoms with E-state index in [1.54, 1.807) is 11.3 Å². The largest absolute Gasteiger partial charge is 0.381 e. The number of hydrogen-bond donors (Lipinski definition) is 1. The molecule has 1 aromatic rings. The van der Waals surface area contributed by atoms with Crippen molar-refractivity contribution in [1.29, 1.82) is 0 Å². The van der Waals surface area contributed by atoms with Gasteiger partial charge in [0.2, 0.25) is 5.91 Å². The van der Waals surface area contributed by atoms with Crippen LogP contribution < -0.4 is 5.32 Å². The minimum atomic E-state index is -0.0515. The van der Waals surface area contributed by atoms with Gasteiger partial charge in [-0.2, -0.15) is 0 Å². The van der Waals surface area contributed by atoms with Crippen molar-refractivity contribution in [1.82, 2.24) is 10.2 Å². The normalized spacial score (nSPS) is 31.0. The van der Waals surface area contributed by atoms with Gasteiger partial charge in [0.05, 0.1) is 12.6 Å². The summed E-state index contributed by atoms with van der Waals surface area (Å²) in [4.78, 5) is 16.1. The summed E-state index contributed by atoms with van der Waals surface area (Å²) < 4.78 is 5.47. The van der Waals surface area contributed by atoms with Crippen LogP contribution in [0.2, 0.25) is 0 Å². The van der Waals surface area contributed by atoms with Gasteiger partial charge in [-0.05, 0) is 23.8 Å². The van der Waals surface area contributed by atoms with Crippen LogP contribution in [0, 0.1) is 11.8 Å². The van der Waals surface area contributed by atoms with Crippen molar-refractivity contribution in [2.45, 2.75) is 38.9 Å². The first kappa shape index (κ1) is 15.0. The Balaban J connectivity index is 1.79. The van der Waals surface area contributed by atoms with Crippen molar-refractivity contribution < 1.29 is 9.53 Å². The lowest BCUT2D eigenvalue weighted by molar-refractivity contribution is -0.131. The van der Waals surface area contributed by atoms with Crippen molar-refractivity contribution in [3.05, 3.63) is 22.4 Å². The van der Waals surface area contributed by atoms with E-state index in [-0.39, 0.29) is 18.1 Å². The average Bonchev–Trinajstić information content (AvgIpc) is 3.21. The standard InChI is InChI=1S/C16H24N2O2S/c1-3-11(2)14-16(19)18(9-12-6-7-20-10-12)15(17-14)13-5-4-8-21-13/h4-5,8,11-12,14-15,17H,3,6-7,9-10H2,1-2H3. The number of hydrogen-bond acceptors (Lipinski definition) is 4. The lowest BCUT2D eigenvalue weighted by atomic mass is 9.99. The third kappa shape index (κ3) is 3.00. The number of carbonyl (C=O) groups excluding carboxylic acids is 1. The van der Waals surface area contributed by atoms with Crippen LogP contribution in [0.3, 0.4) is 0 Å². The maximum absolute atomic E-state index is 12.8. The lowest BCUT2D eigenvalue weighted by Gasteiger charge is -2.25. The molecular formula is C16H24N2O2S. The number of rotatable bonds is 5. The van der Waals surface area contributed by atoms with Crippen molar-refractivity contribution in [2.75, 3.05) is 19.8 Å². The topological polar surface area (TPSA) is 41.6 Å². The van der Waals surface area contributed by atoms with Crippen LogP contribution in [-0.2, 0) is 9.53 Å². The second kappa shape index (κ2) is 6.46. The molecule has 1 aromatic heterocycles. The van der Waals surface area contributed by atoms with Crippen molar-refractivity contribution in [3.8, 4) is 0 Å². The molecule has 0 aromatic carbocycles. The van der Waals surface area contributed by atoms with Crippen molar-refractivity contribution in [2.24, 2.45) is 11.8 Å². The quantitative estimate of drug-likeness (QED) is 0.909. The number of nitrogens with one attached hydrogen (secondary N) is 1. The molecule has 2 aliphatic rings. The number of nitrogens with zero attached hydrogens (tertiary/aromatic N) is 1. The molecular weight excluding hydrogens is 284 g/mol. The highest BCUT2D eigenvalue weighted by atomic mass is 32.1. The fraction of sp³-hybridized carbons (Fsp3) is 0.688. The van der Waals surface area contributed by atoms with E-state index in [9.17, 15) is 4.79 Å². The second-order valence-corrected chi connectivity index (χ2v) is 7.15. The molecule has 3 heterocycles. The molecule has 21 heavy (non-hydrogen) atoms. The molecule has 1 N–H and O–H groups in total. The number of carbonyl (C=O) groups is 1. The summed E-state index contributed by atoms with van der Waals surface area (Å²) in [6.45, 7) is 6.73. The van der Waals surface area contributed by atoms with Crippen LogP contribution in [0.25, 0.3) is 0 Å². The van der Waals surface area contributed by atoms with Crippen LogP contribution in [0.5, 0.6) is 0 Å². The zero-order valence-electron chi connectivity index (χ0n) is 12.7. The van der Waals surface area contributed by atoms with Crippen molar-refractivity contribution >= 4 is 17.2 Å². The Labute approximate surface area is 130 Å². The lowest BCUT2D eigenvalue weighted by Crippen LogP contribution is -2.37. The zero-order valence-corrected chi connectivity index (χ0v) is 13.6. The Kier molecular flexibility index (Phi) is 4.62. The molecule has 2 fully saturated rings. The molecule has 3 rings (SSSR count). The first-order valence-electron chi connectivity index (χ1n) is 7.88. The number of amides is 1. The van der Waals surface area contributed by atoms with E-state index in [4.69, 9.17) is 4.74 Å². The summed E-state index contributed by atoms with van der Waals surface area (Å²) in [7, 11) is 0. The minimum absolute atomic E-state index is 0.0390. The number of ether oxygens (including phenoxy) is 1. The molecule has 0 radical (unpaired) electrons. The van der Waals surface area contributed by atoms with Crippen LogP contribution in [0.4, 0.5) is 0 Å². The third-order valence-electron chi connectivity index (χ3n) is 4.70. The minimum Gasteiger partial charge on any atom is -0.381 e. The van der Waals surface area contributed by atoms with E-state index < -0.39 is 0 Å². The Bertz CT molecular complexity index is 471. The first-order valence-corrected chi connectivity index (χ1v) is 8.76. The first-order chi connectivity index (χ1) is 10.2. The highest BCUT2D eigenvalue weighted by Gasteiger charge is 2.42. The van der Waals surface area contributed by atoms with E-state index in [1.807, 2.05) is 4.90 Å². The molecule has 5 heteroatoms. The molecule has 4 atom stereocenters. The molecule has 0 bridgehead atoms. The molecule has 4 nitrogen and oxygen atoms in total. The molecule has 0 spiro atoms. The Hall–Kier alpha value is -0.910. The Morgan fingerprint density at radius 2 is 2.43 bits per heavy atom. The summed E-state index contributed by atoms with van der Waals surface area (Å²) in [6, 6.07) is 4.12. The fourth-order valence-electron chi connectivity index (χ4n) is 3.16. The van der Waals surface area contributed by atoms with Gasteiger partial charge < -0.3 is 9.64 Å². The van der Waals surface area contributed by atoms with Gasteiger partial charge in [0.15, 0.2) is 0 Å². The Morgan fingerprint density at radius 3 is 3.05 bits per heavy atom. The van der Waals surface area contributed by atoms with Crippen LogP contribution in [0.15, 0.2) is 17.5 Å². The van der Waals surface area contributed by atoms with Gasteiger partial charge in [-0.1, -0.05) is 26.3 Å². The number of thiophene rings is 1. The van der Waals surface area contributed by atoms with Gasteiger partial charge in [-0.25, -0.2) is 0 Å². The third-order valence-corrected chi connectivity index (χ3v) is 5.63. The fourth-order valence-corrected chi connectivity index (χ4v) is 3.96. The van der Waals surface area contributed by atoms with E-state index in [2.05, 4.69) is 36.7 Å². The predicted octanol–water partition coefficient (Wildman–Crippen LogP) is 2.63. The van der Waals surface area contributed by atoms with E-state index >= 15 is 0 Å². The van der Waals surface area contributed by atoms with Gasteiger partial charge in [0, 0.05) is 23.9 Å². The zero-order chi connectivity index (χ0) is 14.8. The summed E-state index contributed by atoms with van der Waals surface area (Å²) in [6.07, 6.45) is 2.12. The maximum atomic E-state index is 12.8. The second-order valence-electron chi connectivity index (χ2n) is 6.17. The highest BCUT2D eigenvalue weighted by molar-refractivity contribution is 7.10. The summed E-state index contributed by atoms with van der Waals surface area (Å²) >= 11 is 1.72. The summed E-state index contributed by atoms with van der Waals surface area (Å²) in [5, 5.41) is 5.64. The van der Waals surface area contributed by atoms with E-state index in [1.165, 1.54) is 4.88 Å². The summed E-state index contributed by atoms with van der Waals surface area (Å²) in [5.74, 6) is 1.10. The molecule has 4 unspecified atom stereocenters. The predicted molar refractivity (Wildman–Crippen MR) is 84.1 cm³/mol. The molecule has 0 saturated carbocycles. The van der Waals surface area contributed by atoms with Gasteiger partial charge >= 0.3 is 0 Å². The van der Waals surface area contributed by atoms with Crippen molar-refractivity contribution in [3.63, 3.8) is 0 Å². The molecule has 1 amide bonds. The maximum Gasteiger partial charge on any atom is 0.241 e. The molecule has 2 saturated heterocycles. The van der Waals surface area contributed by atoms with Crippen LogP contribution >= 0.6 is 11.3 Å². The smallest absolute Gasteiger partial charge is 0.241 e. The van der Waals surface area contributed by atoms with E-state index in [0.717, 1.165) is 32.6 Å². The molecule has 2 aliphatic heterocycles. The van der Waals surface area contributed by atoms with Crippen LogP contribution in [-0.4, -0.2) is 36.6 Å². The average molecular weight is 308 g/mol. The van der Waals surface area contributed by atoms with E-state index in [0.29, 0.717) is 11.8 Å². The van der Waals surface area contributed by atoms with Gasteiger partial charge in [-0.15, -0.1) is 11.3 Å².